The number of alkyl carbamates (subject to hydrolysis) is 1. The predicted molar refractivity (Wildman–Crippen MR) is 101 cm³/mol. The molecule has 0 aromatic rings. The normalized spacial score (nSPS) is 16.6. The van der Waals surface area contributed by atoms with Gasteiger partial charge in [0.2, 0.25) is 0 Å². The molecule has 22 heavy (non-hydrogen) atoms. The zero-order valence-corrected chi connectivity index (χ0v) is 16.9. The molecule has 1 aliphatic rings. The lowest BCUT2D eigenvalue weighted by Gasteiger charge is -2.26. The number of rotatable bonds is 5. The van der Waals surface area contributed by atoms with E-state index in [9.17, 15) is 4.79 Å². The number of hydrogen-bond acceptors (Lipinski definition) is 3. The first-order valence-electron chi connectivity index (χ1n) is 7.68. The first-order valence-corrected chi connectivity index (χ1v) is 7.68. The molecule has 1 atom stereocenters. The molecule has 0 saturated heterocycles. The van der Waals surface area contributed by atoms with E-state index >= 15 is 0 Å². The number of halogens is 1. The molecular formula is C15H31IN4O2. The van der Waals surface area contributed by atoms with Gasteiger partial charge in [0.05, 0.1) is 6.04 Å². The highest BCUT2D eigenvalue weighted by molar-refractivity contribution is 14.0. The largest absolute Gasteiger partial charge is 0.444 e. The van der Waals surface area contributed by atoms with Gasteiger partial charge in [0.25, 0.3) is 0 Å². The summed E-state index contributed by atoms with van der Waals surface area (Å²) in [6.07, 6.45) is 2.02. The lowest BCUT2D eigenvalue weighted by Crippen LogP contribution is -2.50. The van der Waals surface area contributed by atoms with Crippen LogP contribution in [0.2, 0.25) is 0 Å². The van der Waals surface area contributed by atoms with E-state index in [2.05, 4.69) is 34.8 Å². The van der Waals surface area contributed by atoms with E-state index in [1.54, 1.807) is 7.05 Å². The molecule has 0 aliphatic heterocycles. The number of nitrogens with zero attached hydrogens (tertiary/aromatic N) is 1. The van der Waals surface area contributed by atoms with Crippen LogP contribution in [0.15, 0.2) is 4.99 Å². The van der Waals surface area contributed by atoms with Gasteiger partial charge in [-0.2, -0.15) is 0 Å². The molecule has 1 amide bonds. The third-order valence-corrected chi connectivity index (χ3v) is 3.14. The molecule has 130 valence electrons. The Hall–Kier alpha value is -0.730. The molecule has 6 nitrogen and oxygen atoms in total. The minimum absolute atomic E-state index is 0. The van der Waals surface area contributed by atoms with Crippen LogP contribution in [-0.4, -0.2) is 43.3 Å². The predicted octanol–water partition coefficient (Wildman–Crippen LogP) is 2.48. The Labute approximate surface area is 151 Å². The minimum atomic E-state index is -0.484. The maximum atomic E-state index is 11.9. The maximum absolute atomic E-state index is 11.9. The summed E-state index contributed by atoms with van der Waals surface area (Å²) in [5.74, 6) is 1.08. The number of carbonyl (C=O) groups is 1. The van der Waals surface area contributed by atoms with Crippen molar-refractivity contribution >= 4 is 36.0 Å². The van der Waals surface area contributed by atoms with Crippen molar-refractivity contribution in [2.24, 2.45) is 10.9 Å². The monoisotopic (exact) mass is 426 g/mol. The molecule has 1 rings (SSSR count). The molecule has 0 aromatic carbocycles. The number of hydrogen-bond donors (Lipinski definition) is 3. The molecule has 1 fully saturated rings. The molecule has 0 spiro atoms. The van der Waals surface area contributed by atoms with Crippen LogP contribution in [0.3, 0.4) is 0 Å². The number of carbonyl (C=O) groups excluding carboxylic acids is 1. The van der Waals surface area contributed by atoms with E-state index in [1.807, 2.05) is 20.8 Å². The molecule has 0 radical (unpaired) electrons. The van der Waals surface area contributed by atoms with Crippen molar-refractivity contribution < 1.29 is 9.53 Å². The summed E-state index contributed by atoms with van der Waals surface area (Å²) in [5, 5.41) is 9.50. The van der Waals surface area contributed by atoms with E-state index < -0.39 is 5.60 Å². The van der Waals surface area contributed by atoms with Crippen molar-refractivity contribution in [3.63, 3.8) is 0 Å². The molecule has 3 N–H and O–H groups in total. The molecule has 0 heterocycles. The van der Waals surface area contributed by atoms with Gasteiger partial charge in [0.15, 0.2) is 5.96 Å². The van der Waals surface area contributed by atoms with Gasteiger partial charge in [-0.3, -0.25) is 4.99 Å². The Balaban J connectivity index is 0.00000441. The fraction of sp³-hybridized carbons (Fsp3) is 0.867. The number of amides is 1. The van der Waals surface area contributed by atoms with E-state index in [-0.39, 0.29) is 36.1 Å². The van der Waals surface area contributed by atoms with Gasteiger partial charge in [0.1, 0.15) is 5.60 Å². The summed E-state index contributed by atoms with van der Waals surface area (Å²) >= 11 is 0. The van der Waals surface area contributed by atoms with E-state index in [4.69, 9.17) is 4.74 Å². The van der Waals surface area contributed by atoms with Crippen LogP contribution in [0.25, 0.3) is 0 Å². The summed E-state index contributed by atoms with van der Waals surface area (Å²) in [6.45, 7) is 10.3. The standard InChI is InChI=1S/C15H30N4O2.HI/c1-10(2)12(19-14(20)21-15(3,4)5)9-17-13(16-6)18-11-7-8-11;/h10-12H,7-9H2,1-6H3,(H,19,20)(H2,16,17,18);1H. The Morgan fingerprint density at radius 3 is 2.32 bits per heavy atom. The Morgan fingerprint density at radius 2 is 1.91 bits per heavy atom. The summed E-state index contributed by atoms with van der Waals surface area (Å²) in [7, 11) is 1.75. The second-order valence-electron chi connectivity index (χ2n) is 6.87. The van der Waals surface area contributed by atoms with Gasteiger partial charge in [-0.15, -0.1) is 24.0 Å². The summed E-state index contributed by atoms with van der Waals surface area (Å²) in [6, 6.07) is 0.533. The van der Waals surface area contributed by atoms with Gasteiger partial charge < -0.3 is 20.7 Å². The fourth-order valence-corrected chi connectivity index (χ4v) is 1.73. The van der Waals surface area contributed by atoms with Gasteiger partial charge in [-0.1, -0.05) is 13.8 Å². The average molecular weight is 426 g/mol. The molecule has 7 heteroatoms. The van der Waals surface area contributed by atoms with Crippen LogP contribution >= 0.6 is 24.0 Å². The Morgan fingerprint density at radius 1 is 1.32 bits per heavy atom. The highest BCUT2D eigenvalue weighted by atomic mass is 127. The average Bonchev–Trinajstić information content (AvgIpc) is 3.13. The van der Waals surface area contributed by atoms with Crippen molar-refractivity contribution in [1.82, 2.24) is 16.0 Å². The third kappa shape index (κ3) is 9.32. The van der Waals surface area contributed by atoms with Crippen LogP contribution in [0.1, 0.15) is 47.5 Å². The van der Waals surface area contributed by atoms with E-state index in [1.165, 1.54) is 12.8 Å². The Bertz CT molecular complexity index is 376. The number of ether oxygens (including phenoxy) is 1. The highest BCUT2D eigenvalue weighted by Gasteiger charge is 2.24. The zero-order valence-electron chi connectivity index (χ0n) is 14.5. The van der Waals surface area contributed by atoms with Gasteiger partial charge >= 0.3 is 6.09 Å². The van der Waals surface area contributed by atoms with Crippen molar-refractivity contribution in [3.8, 4) is 0 Å². The molecule has 1 unspecified atom stereocenters. The van der Waals surface area contributed by atoms with Gasteiger partial charge in [0, 0.05) is 19.6 Å². The summed E-state index contributed by atoms with van der Waals surface area (Å²) in [5.41, 5.74) is -0.484. The second kappa shape index (κ2) is 9.42. The summed E-state index contributed by atoms with van der Waals surface area (Å²) in [4.78, 5) is 16.1. The maximum Gasteiger partial charge on any atom is 0.407 e. The van der Waals surface area contributed by atoms with Crippen LogP contribution in [-0.2, 0) is 4.74 Å². The highest BCUT2D eigenvalue weighted by Crippen LogP contribution is 2.18. The molecule has 0 aromatic heterocycles. The van der Waals surface area contributed by atoms with Crippen LogP contribution in [0.4, 0.5) is 4.79 Å². The Kier molecular flexibility index (Phi) is 9.11. The topological polar surface area (TPSA) is 74.8 Å². The fourth-order valence-electron chi connectivity index (χ4n) is 1.73. The quantitative estimate of drug-likeness (QED) is 0.359. The first kappa shape index (κ1) is 21.3. The SMILES string of the molecule is CN=C(NCC(NC(=O)OC(C)(C)C)C(C)C)NC1CC1.I. The van der Waals surface area contributed by atoms with Gasteiger partial charge in [-0.05, 0) is 39.5 Å². The van der Waals surface area contributed by atoms with E-state index in [0.717, 1.165) is 5.96 Å². The zero-order chi connectivity index (χ0) is 16.0. The molecule has 1 saturated carbocycles. The number of nitrogens with one attached hydrogen (secondary N) is 3. The minimum Gasteiger partial charge on any atom is -0.444 e. The van der Waals surface area contributed by atoms with Crippen molar-refractivity contribution in [2.75, 3.05) is 13.6 Å². The van der Waals surface area contributed by atoms with Gasteiger partial charge in [-0.25, -0.2) is 4.79 Å². The second-order valence-corrected chi connectivity index (χ2v) is 6.87. The molecular weight excluding hydrogens is 395 g/mol. The van der Waals surface area contributed by atoms with Crippen LogP contribution < -0.4 is 16.0 Å². The number of aliphatic imine (C=N–C) groups is 1. The lowest BCUT2D eigenvalue weighted by atomic mass is 10.0. The van der Waals surface area contributed by atoms with Crippen LogP contribution in [0.5, 0.6) is 0 Å². The lowest BCUT2D eigenvalue weighted by molar-refractivity contribution is 0.0491. The van der Waals surface area contributed by atoms with E-state index in [0.29, 0.717) is 18.5 Å². The van der Waals surface area contributed by atoms with Crippen molar-refractivity contribution in [2.45, 2.75) is 65.1 Å². The third-order valence-electron chi connectivity index (χ3n) is 3.14. The van der Waals surface area contributed by atoms with Crippen molar-refractivity contribution in [3.05, 3.63) is 0 Å². The summed E-state index contributed by atoms with van der Waals surface area (Å²) < 4.78 is 5.30. The van der Waals surface area contributed by atoms with Crippen molar-refractivity contribution in [1.29, 1.82) is 0 Å². The number of guanidine groups is 1. The smallest absolute Gasteiger partial charge is 0.407 e. The molecule has 1 aliphatic carbocycles. The first-order chi connectivity index (χ1) is 9.71. The molecule has 0 bridgehead atoms. The van der Waals surface area contributed by atoms with Crippen LogP contribution in [0, 0.1) is 5.92 Å².